The summed E-state index contributed by atoms with van der Waals surface area (Å²) in [6.45, 7) is 0. The van der Waals surface area contributed by atoms with Gasteiger partial charge in [0.2, 0.25) is 0 Å². The van der Waals surface area contributed by atoms with Gasteiger partial charge >= 0.3 is 0 Å². The van der Waals surface area contributed by atoms with Crippen molar-refractivity contribution in [3.05, 3.63) is 39.6 Å². The van der Waals surface area contributed by atoms with E-state index >= 15 is 0 Å². The molecule has 4 nitrogen and oxygen atoms in total. The maximum Gasteiger partial charge on any atom is 0.175 e. The van der Waals surface area contributed by atoms with Crippen molar-refractivity contribution >= 4 is 46.2 Å². The maximum atomic E-state index is 5.93. The van der Waals surface area contributed by atoms with Gasteiger partial charge in [-0.2, -0.15) is 0 Å². The number of hydrogen-bond acceptors (Lipinski definition) is 4. The van der Waals surface area contributed by atoms with Gasteiger partial charge in [-0.25, -0.2) is 0 Å². The third-order valence-corrected chi connectivity index (χ3v) is 2.85. The highest BCUT2D eigenvalue weighted by Crippen LogP contribution is 2.32. The largest absolute Gasteiger partial charge is 0.495 e. The molecule has 0 aliphatic heterocycles. The van der Waals surface area contributed by atoms with Crippen LogP contribution in [0.15, 0.2) is 24.3 Å². The Balaban J connectivity index is 2.38. The number of aromatic nitrogens is 2. The van der Waals surface area contributed by atoms with Gasteiger partial charge in [0, 0.05) is 11.1 Å². The van der Waals surface area contributed by atoms with Gasteiger partial charge in [0.15, 0.2) is 10.3 Å². The summed E-state index contributed by atoms with van der Waals surface area (Å²) in [7, 11) is 1.56. The van der Waals surface area contributed by atoms with Crippen molar-refractivity contribution in [3.63, 3.8) is 0 Å². The molecule has 0 atom stereocenters. The van der Waals surface area contributed by atoms with Crippen molar-refractivity contribution in [2.75, 3.05) is 12.4 Å². The molecule has 0 bridgehead atoms. The molecule has 1 aromatic heterocycles. The van der Waals surface area contributed by atoms with E-state index in [0.717, 1.165) is 0 Å². The number of halogens is 3. The predicted molar refractivity (Wildman–Crippen MR) is 73.3 cm³/mol. The van der Waals surface area contributed by atoms with Crippen LogP contribution in [0, 0.1) is 0 Å². The number of anilines is 2. The third-order valence-electron chi connectivity index (χ3n) is 2.15. The Morgan fingerprint density at radius 2 is 1.83 bits per heavy atom. The first-order valence-corrected chi connectivity index (χ1v) is 6.03. The molecule has 0 saturated heterocycles. The highest BCUT2D eigenvalue weighted by molar-refractivity contribution is 6.33. The smallest absolute Gasteiger partial charge is 0.175 e. The Kier molecular flexibility index (Phi) is 4.11. The quantitative estimate of drug-likeness (QED) is 0.923. The van der Waals surface area contributed by atoms with Crippen LogP contribution < -0.4 is 10.1 Å². The number of nitrogens with zero attached hydrogens (tertiary/aromatic N) is 2. The molecule has 1 heterocycles. The molecule has 0 amide bonds. The van der Waals surface area contributed by atoms with Gasteiger partial charge in [-0.3, -0.25) is 0 Å². The molecule has 2 rings (SSSR count). The summed E-state index contributed by atoms with van der Waals surface area (Å²) in [4.78, 5) is 0. The molecule has 0 aliphatic carbocycles. The lowest BCUT2D eigenvalue weighted by Gasteiger charge is -2.12. The SMILES string of the molecule is COc1ccc(Cl)cc1Nc1cc(Cl)nnc1Cl. The summed E-state index contributed by atoms with van der Waals surface area (Å²) in [5.74, 6) is 0.628. The minimum Gasteiger partial charge on any atom is -0.495 e. The van der Waals surface area contributed by atoms with Crippen molar-refractivity contribution in [3.8, 4) is 5.75 Å². The third kappa shape index (κ3) is 2.96. The molecular formula is C11H8Cl3N3O. The monoisotopic (exact) mass is 303 g/mol. The first-order valence-electron chi connectivity index (χ1n) is 4.89. The van der Waals surface area contributed by atoms with Gasteiger partial charge in [-0.1, -0.05) is 34.8 Å². The zero-order valence-corrected chi connectivity index (χ0v) is 11.5. The van der Waals surface area contributed by atoms with E-state index < -0.39 is 0 Å². The van der Waals surface area contributed by atoms with Crippen LogP contribution >= 0.6 is 34.8 Å². The Morgan fingerprint density at radius 1 is 1.06 bits per heavy atom. The maximum absolute atomic E-state index is 5.93. The summed E-state index contributed by atoms with van der Waals surface area (Å²) in [5.41, 5.74) is 1.19. The van der Waals surface area contributed by atoms with E-state index in [1.807, 2.05) is 0 Å². The normalized spacial score (nSPS) is 10.2. The Hall–Kier alpha value is -1.23. The zero-order chi connectivity index (χ0) is 13.1. The topological polar surface area (TPSA) is 47.0 Å². The van der Waals surface area contributed by atoms with Crippen molar-refractivity contribution in [2.45, 2.75) is 0 Å². The van der Waals surface area contributed by atoms with Gasteiger partial charge in [-0.05, 0) is 18.2 Å². The van der Waals surface area contributed by atoms with Crippen LogP contribution in [-0.4, -0.2) is 17.3 Å². The van der Waals surface area contributed by atoms with Crippen LogP contribution in [-0.2, 0) is 0 Å². The average molecular weight is 305 g/mol. The second kappa shape index (κ2) is 5.61. The Bertz CT molecular complexity index is 577. The molecule has 1 N–H and O–H groups in total. The van der Waals surface area contributed by atoms with Crippen LogP contribution in [0.4, 0.5) is 11.4 Å². The number of nitrogens with one attached hydrogen (secondary N) is 1. The first-order chi connectivity index (χ1) is 8.60. The van der Waals surface area contributed by atoms with Crippen LogP contribution in [0.2, 0.25) is 15.3 Å². The standard InChI is InChI=1S/C11H8Cl3N3O/c1-18-9-3-2-6(12)4-7(9)15-8-5-10(13)16-17-11(8)14/h2-5H,1H3,(H,15,16). The second-order valence-corrected chi connectivity index (χ2v) is 4.52. The molecule has 0 unspecified atom stereocenters. The zero-order valence-electron chi connectivity index (χ0n) is 9.25. The van der Waals surface area contributed by atoms with Crippen LogP contribution in [0.1, 0.15) is 0 Å². The number of methoxy groups -OCH3 is 1. The van der Waals surface area contributed by atoms with E-state index in [0.29, 0.717) is 22.1 Å². The molecule has 0 radical (unpaired) electrons. The Morgan fingerprint density at radius 3 is 2.56 bits per heavy atom. The van der Waals surface area contributed by atoms with Crippen molar-refractivity contribution in [1.29, 1.82) is 0 Å². The lowest BCUT2D eigenvalue weighted by atomic mass is 10.3. The summed E-state index contributed by atoms with van der Waals surface area (Å²) < 4.78 is 5.21. The summed E-state index contributed by atoms with van der Waals surface area (Å²) in [6, 6.07) is 6.75. The van der Waals surface area contributed by atoms with E-state index in [1.54, 1.807) is 31.4 Å². The second-order valence-electron chi connectivity index (χ2n) is 3.34. The van der Waals surface area contributed by atoms with E-state index in [9.17, 15) is 0 Å². The minimum absolute atomic E-state index is 0.210. The van der Waals surface area contributed by atoms with Gasteiger partial charge in [-0.15, -0.1) is 10.2 Å². The fourth-order valence-corrected chi connectivity index (χ4v) is 1.82. The molecule has 7 heteroatoms. The summed E-state index contributed by atoms with van der Waals surface area (Å²) >= 11 is 17.6. The van der Waals surface area contributed by atoms with Gasteiger partial charge in [0.25, 0.3) is 0 Å². The van der Waals surface area contributed by atoms with Crippen molar-refractivity contribution < 1.29 is 4.74 Å². The summed E-state index contributed by atoms with van der Waals surface area (Å²) in [6.07, 6.45) is 0. The van der Waals surface area contributed by atoms with E-state index in [4.69, 9.17) is 39.5 Å². The highest BCUT2D eigenvalue weighted by Gasteiger charge is 2.08. The van der Waals surface area contributed by atoms with Crippen molar-refractivity contribution in [2.24, 2.45) is 0 Å². The van der Waals surface area contributed by atoms with E-state index in [-0.39, 0.29) is 10.3 Å². The molecule has 0 fully saturated rings. The highest BCUT2D eigenvalue weighted by atomic mass is 35.5. The van der Waals surface area contributed by atoms with Gasteiger partial charge < -0.3 is 10.1 Å². The van der Waals surface area contributed by atoms with Crippen LogP contribution in [0.25, 0.3) is 0 Å². The minimum atomic E-state index is 0.210. The fraction of sp³-hybridized carbons (Fsp3) is 0.0909. The van der Waals surface area contributed by atoms with Gasteiger partial charge in [0.05, 0.1) is 18.5 Å². The van der Waals surface area contributed by atoms with E-state index in [1.165, 1.54) is 0 Å². The van der Waals surface area contributed by atoms with Crippen molar-refractivity contribution in [1.82, 2.24) is 10.2 Å². The lowest BCUT2D eigenvalue weighted by Crippen LogP contribution is -1.97. The number of benzene rings is 1. The van der Waals surface area contributed by atoms with E-state index in [2.05, 4.69) is 15.5 Å². The molecule has 0 saturated carbocycles. The lowest BCUT2D eigenvalue weighted by molar-refractivity contribution is 0.417. The average Bonchev–Trinajstić information content (AvgIpc) is 2.34. The van der Waals surface area contributed by atoms with Gasteiger partial charge in [0.1, 0.15) is 5.75 Å². The molecule has 0 aliphatic rings. The molecule has 18 heavy (non-hydrogen) atoms. The fourth-order valence-electron chi connectivity index (χ4n) is 1.36. The van der Waals surface area contributed by atoms with Crippen LogP contribution in [0.3, 0.4) is 0 Å². The number of rotatable bonds is 3. The predicted octanol–water partition coefficient (Wildman–Crippen LogP) is 4.19. The molecule has 94 valence electrons. The molecular weight excluding hydrogens is 296 g/mol. The van der Waals surface area contributed by atoms with Crippen LogP contribution in [0.5, 0.6) is 5.75 Å². The first kappa shape index (κ1) is 13.2. The number of ether oxygens (including phenoxy) is 1. The molecule has 2 aromatic rings. The molecule has 0 spiro atoms. The molecule has 1 aromatic carbocycles. The number of hydrogen-bond donors (Lipinski definition) is 1. The Labute approximate surface area is 119 Å². The summed E-state index contributed by atoms with van der Waals surface area (Å²) in [5, 5.41) is 11.4.